The maximum atomic E-state index is 13.7. The summed E-state index contributed by atoms with van der Waals surface area (Å²) >= 11 is 7.18. The van der Waals surface area contributed by atoms with E-state index in [0.717, 1.165) is 77.0 Å². The Hall–Kier alpha value is -5.87. The molecular weight excluding hydrogens is 960 g/mol. The first kappa shape index (κ1) is 56.8. The predicted octanol–water partition coefficient (Wildman–Crippen LogP) is 18.2. The van der Waals surface area contributed by atoms with E-state index < -0.39 is 11.9 Å². The molecular formula is C64H81ClN2O8. The van der Waals surface area contributed by atoms with Crippen molar-refractivity contribution in [1.29, 1.82) is 0 Å². The molecule has 2 aliphatic rings. The Labute approximate surface area is 451 Å². The molecule has 5 aromatic rings. The number of benzene rings is 5. The van der Waals surface area contributed by atoms with Gasteiger partial charge in [0.05, 0.1) is 24.3 Å². The van der Waals surface area contributed by atoms with Crippen molar-refractivity contribution in [3.63, 3.8) is 0 Å². The summed E-state index contributed by atoms with van der Waals surface area (Å²) in [6, 6.07) is 23.7. The van der Waals surface area contributed by atoms with Crippen LogP contribution in [0.15, 0.2) is 88.8 Å². The maximum Gasteiger partial charge on any atom is 0.343 e. The molecule has 75 heavy (non-hydrogen) atoms. The van der Waals surface area contributed by atoms with E-state index in [-0.39, 0.29) is 22.3 Å². The van der Waals surface area contributed by atoms with Crippen LogP contribution in [0.1, 0.15) is 214 Å². The number of ether oxygens (including phenoxy) is 6. The van der Waals surface area contributed by atoms with E-state index in [2.05, 4.69) is 27.7 Å². The SMILES string of the molecule is CCCCCCCCCCCCOc1cc2c(cc1OC(=O)c1ccc(CCCC)cc1)Oc1c(Cl)c3c(cc1=N2)Oc1cc(OC(=O)c2ccc(CCCC)cc2)c(OCCCCCCCCCCCC)cc1N=3. The van der Waals surface area contributed by atoms with Crippen LogP contribution < -0.4 is 39.1 Å². The van der Waals surface area contributed by atoms with Gasteiger partial charge in [0, 0.05) is 30.3 Å². The monoisotopic (exact) mass is 1040 g/mol. The Balaban J connectivity index is 1.11. The fourth-order valence-corrected chi connectivity index (χ4v) is 9.72. The van der Waals surface area contributed by atoms with Crippen LogP contribution >= 0.6 is 11.6 Å². The van der Waals surface area contributed by atoms with E-state index in [4.69, 9.17) is 50.0 Å². The van der Waals surface area contributed by atoms with Gasteiger partial charge in [-0.05, 0) is 73.9 Å². The number of aryl methyl sites for hydroxylation is 2. The van der Waals surface area contributed by atoms with Crippen LogP contribution in [0.5, 0.6) is 46.0 Å². The number of hydrogen-bond acceptors (Lipinski definition) is 10. The molecule has 0 aliphatic carbocycles. The van der Waals surface area contributed by atoms with Crippen LogP contribution in [-0.4, -0.2) is 25.2 Å². The van der Waals surface area contributed by atoms with E-state index in [9.17, 15) is 9.59 Å². The minimum Gasteiger partial charge on any atom is -0.490 e. The summed E-state index contributed by atoms with van der Waals surface area (Å²) in [6.07, 6.45) is 30.3. The second-order valence-electron chi connectivity index (χ2n) is 20.3. The Kier molecular flexibility index (Phi) is 23.2. The summed E-state index contributed by atoms with van der Waals surface area (Å²) in [6.45, 7) is 9.73. The van der Waals surface area contributed by atoms with Crippen LogP contribution in [0.3, 0.4) is 0 Å². The van der Waals surface area contributed by atoms with E-state index in [1.54, 1.807) is 42.5 Å². The van der Waals surface area contributed by atoms with Crippen LogP contribution in [0, 0.1) is 0 Å². The van der Waals surface area contributed by atoms with Crippen molar-refractivity contribution in [2.75, 3.05) is 13.2 Å². The standard InChI is InChI=1S/C64H81ClN2O8/c1-5-9-13-15-17-19-21-23-25-27-39-70-55-41-50-54(45-58(55)75-64(69)49-37-33-47(34-38-49)30-12-8-4)73-62-52(66-50)43-59-61(60(62)65)67-51-42-56(71-40-28-26-24-22-20-18-16-14-10-6-2)57(44-53(51)72-59)74-63(68)48-35-31-46(32-36-48)29-11-7-3/h31-38,41-45H,5-30,39-40H2,1-4H3. The molecule has 2 aliphatic heterocycles. The molecule has 5 aromatic carbocycles. The molecule has 0 saturated carbocycles. The van der Waals surface area contributed by atoms with Crippen LogP contribution in [0.25, 0.3) is 0 Å². The number of esters is 2. The molecule has 0 bridgehead atoms. The molecule has 2 heterocycles. The quantitative estimate of drug-likeness (QED) is 0.0223. The number of rotatable bonds is 34. The summed E-state index contributed by atoms with van der Waals surface area (Å²) in [5.74, 6) is 1.56. The van der Waals surface area contributed by atoms with Crippen LogP contribution in [-0.2, 0) is 12.8 Å². The summed E-state index contributed by atoms with van der Waals surface area (Å²) in [5, 5.41) is 0.959. The molecule has 0 amide bonds. The van der Waals surface area contributed by atoms with Crippen molar-refractivity contribution in [3.8, 4) is 46.0 Å². The van der Waals surface area contributed by atoms with Gasteiger partial charge < -0.3 is 28.4 Å². The zero-order chi connectivity index (χ0) is 52.6. The molecule has 10 nitrogen and oxygen atoms in total. The normalized spacial score (nSPS) is 12.0. The van der Waals surface area contributed by atoms with Gasteiger partial charge in [0.1, 0.15) is 27.1 Å². The van der Waals surface area contributed by atoms with E-state index in [1.165, 1.54) is 101 Å². The average molecular weight is 1040 g/mol. The number of halogens is 1. The van der Waals surface area contributed by atoms with Crippen LogP contribution in [0.4, 0.5) is 11.4 Å². The Bertz CT molecular complexity index is 2740. The van der Waals surface area contributed by atoms with Gasteiger partial charge in [-0.25, -0.2) is 19.6 Å². The number of carbonyl (C=O) groups excluding carboxylic acids is 2. The Morgan fingerprint density at radius 2 is 0.840 bits per heavy atom. The zero-order valence-corrected chi connectivity index (χ0v) is 46.1. The lowest BCUT2D eigenvalue weighted by Gasteiger charge is -2.22. The summed E-state index contributed by atoms with van der Waals surface area (Å²) in [7, 11) is 0. The van der Waals surface area contributed by atoms with Crippen molar-refractivity contribution < 1.29 is 38.0 Å². The fourth-order valence-electron chi connectivity index (χ4n) is 9.45. The maximum absolute atomic E-state index is 13.7. The largest absolute Gasteiger partial charge is 0.490 e. The van der Waals surface area contributed by atoms with Crippen LogP contribution in [0.2, 0.25) is 5.02 Å². The molecule has 11 heteroatoms. The lowest BCUT2D eigenvalue weighted by Crippen LogP contribution is -2.20. The molecule has 402 valence electrons. The number of nitrogens with zero attached hydrogens (tertiary/aromatic N) is 2. The number of hydrogen-bond donors (Lipinski definition) is 0. The molecule has 0 spiro atoms. The highest BCUT2D eigenvalue weighted by atomic mass is 35.5. The highest BCUT2D eigenvalue weighted by molar-refractivity contribution is 6.32. The van der Waals surface area contributed by atoms with Gasteiger partial charge in [-0.15, -0.1) is 0 Å². The molecule has 0 aromatic heterocycles. The minimum atomic E-state index is -0.503. The van der Waals surface area contributed by atoms with Gasteiger partial charge in [0.15, 0.2) is 46.0 Å². The fraction of sp³-hybridized carbons (Fsp3) is 0.500. The first-order chi connectivity index (χ1) is 36.8. The highest BCUT2D eigenvalue weighted by Gasteiger charge is 2.27. The predicted molar refractivity (Wildman–Crippen MR) is 301 cm³/mol. The van der Waals surface area contributed by atoms with Crippen molar-refractivity contribution in [2.45, 2.75) is 195 Å². The molecule has 0 saturated heterocycles. The Morgan fingerprint density at radius 3 is 1.28 bits per heavy atom. The van der Waals surface area contributed by atoms with Crippen molar-refractivity contribution in [2.24, 2.45) is 9.98 Å². The third kappa shape index (κ3) is 17.1. The van der Waals surface area contributed by atoms with Gasteiger partial charge in [0.25, 0.3) is 0 Å². The molecule has 7 rings (SSSR count). The second kappa shape index (κ2) is 30.6. The first-order valence-corrected chi connectivity index (χ1v) is 29.1. The van der Waals surface area contributed by atoms with E-state index in [1.807, 2.05) is 36.4 Å². The molecule has 0 radical (unpaired) electrons. The smallest absolute Gasteiger partial charge is 0.343 e. The molecule has 0 fully saturated rings. The van der Waals surface area contributed by atoms with Crippen molar-refractivity contribution in [1.82, 2.24) is 0 Å². The molecule has 0 N–H and O–H groups in total. The summed E-state index contributed by atoms with van der Waals surface area (Å²) in [4.78, 5) is 37.3. The molecule has 0 unspecified atom stereocenters. The van der Waals surface area contributed by atoms with E-state index >= 15 is 0 Å². The van der Waals surface area contributed by atoms with Crippen molar-refractivity contribution in [3.05, 3.63) is 117 Å². The zero-order valence-electron chi connectivity index (χ0n) is 45.3. The van der Waals surface area contributed by atoms with E-state index in [0.29, 0.717) is 75.2 Å². The number of unbranched alkanes of at least 4 members (excludes halogenated alkanes) is 20. The van der Waals surface area contributed by atoms with Gasteiger partial charge in [0.2, 0.25) is 0 Å². The lowest BCUT2D eigenvalue weighted by molar-refractivity contribution is 0.0718. The summed E-state index contributed by atoms with van der Waals surface area (Å²) in [5.41, 5.74) is 4.15. The Morgan fingerprint density at radius 1 is 0.440 bits per heavy atom. The summed E-state index contributed by atoms with van der Waals surface area (Å²) < 4.78 is 37.9. The third-order valence-electron chi connectivity index (χ3n) is 14.0. The van der Waals surface area contributed by atoms with Gasteiger partial charge >= 0.3 is 11.9 Å². The number of fused-ring (bicyclic) bond motifs is 4. The third-order valence-corrected chi connectivity index (χ3v) is 14.4. The van der Waals surface area contributed by atoms with Gasteiger partial charge in [-0.1, -0.05) is 192 Å². The van der Waals surface area contributed by atoms with Gasteiger partial charge in [-0.2, -0.15) is 0 Å². The lowest BCUT2D eigenvalue weighted by atomic mass is 10.1. The van der Waals surface area contributed by atoms with Gasteiger partial charge in [-0.3, -0.25) is 0 Å². The molecule has 0 atom stereocenters. The highest BCUT2D eigenvalue weighted by Crippen LogP contribution is 2.47. The second-order valence-corrected chi connectivity index (χ2v) is 20.7. The average Bonchev–Trinajstić information content (AvgIpc) is 3.43. The van der Waals surface area contributed by atoms with Crippen molar-refractivity contribution >= 4 is 34.9 Å². The first-order valence-electron chi connectivity index (χ1n) is 28.7. The topological polar surface area (TPSA) is 114 Å². The minimum absolute atomic E-state index is 0.191. The number of carbonyl (C=O) groups is 2.